The average Bonchev–Trinajstić information content (AvgIpc) is 3.34. The van der Waals surface area contributed by atoms with Crippen molar-refractivity contribution < 1.29 is 14.6 Å². The summed E-state index contributed by atoms with van der Waals surface area (Å²) in [5, 5.41) is 27.3. The molecule has 2 fully saturated rings. The van der Waals surface area contributed by atoms with Gasteiger partial charge in [-0.1, -0.05) is 25.0 Å². The second kappa shape index (κ2) is 9.22. The van der Waals surface area contributed by atoms with Gasteiger partial charge in [0, 0.05) is 23.9 Å². The zero-order chi connectivity index (χ0) is 24.8. The molecule has 0 radical (unpaired) electrons. The number of nitriles is 1. The first-order chi connectivity index (χ1) is 16.8. The lowest BCUT2D eigenvalue weighted by molar-refractivity contribution is -0.504. The van der Waals surface area contributed by atoms with Gasteiger partial charge >= 0.3 is 0 Å². The summed E-state index contributed by atoms with van der Waals surface area (Å²) in [6.07, 6.45) is 7.23. The monoisotopic (exact) mass is 492 g/mol. The van der Waals surface area contributed by atoms with Crippen LogP contribution in [0.25, 0.3) is 0 Å². The Labute approximate surface area is 211 Å². The van der Waals surface area contributed by atoms with Crippen molar-refractivity contribution in [3.8, 4) is 11.8 Å². The number of nitrogens with one attached hydrogen (secondary N) is 1. The Morgan fingerprint density at radius 1 is 1.40 bits per heavy atom. The highest BCUT2D eigenvalue weighted by Crippen LogP contribution is 2.66. The predicted octanol–water partition coefficient (Wildman–Crippen LogP) is 4.97. The summed E-state index contributed by atoms with van der Waals surface area (Å²) in [5.74, 6) is 2.09. The number of carbonyl (C=O) groups is 1. The molecule has 3 aliphatic carbocycles. The number of carbonyl (C=O) groups excluding carboxylic acids is 1. The van der Waals surface area contributed by atoms with E-state index in [1.807, 2.05) is 6.92 Å². The van der Waals surface area contributed by atoms with Crippen LogP contribution >= 0.6 is 11.3 Å². The van der Waals surface area contributed by atoms with E-state index in [-0.39, 0.29) is 24.2 Å². The molecule has 0 bridgehead atoms. The summed E-state index contributed by atoms with van der Waals surface area (Å²) in [5.41, 5.74) is 1.11. The molecule has 7 heteroatoms. The highest BCUT2D eigenvalue weighted by molar-refractivity contribution is 7.15. The minimum atomic E-state index is -1.24. The normalized spacial score (nSPS) is 33.2. The molecule has 0 saturated heterocycles. The van der Waals surface area contributed by atoms with E-state index in [1.165, 1.54) is 22.5 Å². The van der Waals surface area contributed by atoms with Crippen LogP contribution in [-0.4, -0.2) is 23.6 Å². The summed E-state index contributed by atoms with van der Waals surface area (Å²) in [6.45, 7) is 4.12. The molecule has 3 aliphatic rings. The van der Waals surface area contributed by atoms with Crippen LogP contribution < -0.4 is 15.2 Å². The van der Waals surface area contributed by atoms with E-state index in [2.05, 4.69) is 41.5 Å². The Balaban J connectivity index is 1.39. The number of methoxy groups -OCH3 is 1. The minimum absolute atomic E-state index is 0.0434. The van der Waals surface area contributed by atoms with Crippen LogP contribution in [0.4, 0.5) is 5.13 Å². The summed E-state index contributed by atoms with van der Waals surface area (Å²) < 4.78 is 5.46. The zero-order valence-electron chi connectivity index (χ0n) is 20.8. The van der Waals surface area contributed by atoms with Crippen LogP contribution in [0.2, 0.25) is 0 Å². The number of anilines is 1. The second-order valence-corrected chi connectivity index (χ2v) is 12.2. The number of hydrogen-bond acceptors (Lipinski definition) is 6. The Kier molecular flexibility index (Phi) is 6.39. The molecule has 2 saturated carbocycles. The van der Waals surface area contributed by atoms with E-state index >= 15 is 0 Å². The average molecular weight is 493 g/mol. The Morgan fingerprint density at radius 3 is 2.94 bits per heavy atom. The van der Waals surface area contributed by atoms with Crippen LogP contribution in [0, 0.1) is 41.4 Å². The molecule has 0 aliphatic heterocycles. The van der Waals surface area contributed by atoms with Crippen LogP contribution in [0.15, 0.2) is 24.4 Å². The predicted molar refractivity (Wildman–Crippen MR) is 134 cm³/mol. The van der Waals surface area contributed by atoms with Crippen molar-refractivity contribution in [3.05, 3.63) is 40.4 Å². The van der Waals surface area contributed by atoms with Crippen LogP contribution in [0.1, 0.15) is 73.8 Å². The molecule has 5 rings (SSSR count). The number of benzene rings is 1. The van der Waals surface area contributed by atoms with Gasteiger partial charge < -0.3 is 15.2 Å². The maximum absolute atomic E-state index is 14.2. The van der Waals surface area contributed by atoms with Crippen LogP contribution in [-0.2, 0) is 11.2 Å². The number of nitrogens with zero attached hydrogens (tertiary/aromatic N) is 2. The lowest BCUT2D eigenvalue weighted by Gasteiger charge is -2.58. The highest BCUT2D eigenvalue weighted by atomic mass is 32.1. The molecule has 2 aromatic rings. The Bertz CT molecular complexity index is 1160. The SMILES string of the molecule is COc1ccc2c(c1)CCC1C2CC[C@@]2(C)C1[C@H](CCC(=O)Nc1ncc(C)s1)C[C@@]2([O-])CC#N. The van der Waals surface area contributed by atoms with E-state index < -0.39 is 11.0 Å². The standard InChI is InChI=1S/C28H34N3O3S/c1-17-16-30-26(35-17)31-24(32)9-5-19-15-28(33,12-13-29)27(2)11-10-22-21-8-6-20(34-3)14-18(21)4-7-23(22)25(19)27/h6,8,14,16,19,22-23,25H,4-5,7,9-12,15H2,1-3H3,(H,30,31,32)/q-1/t19-,22?,23?,25?,27+,28+/m1/s1. The number of aryl methyl sites for hydroxylation is 2. The number of rotatable bonds is 6. The first kappa shape index (κ1) is 24.3. The number of ether oxygens (including phenoxy) is 1. The lowest BCUT2D eigenvalue weighted by atomic mass is 9.52. The Hall–Kier alpha value is -2.43. The molecular weight excluding hydrogens is 458 g/mol. The lowest BCUT2D eigenvalue weighted by Crippen LogP contribution is -2.58. The van der Waals surface area contributed by atoms with Crippen molar-refractivity contribution in [1.29, 1.82) is 5.26 Å². The number of amides is 1. The third kappa shape index (κ3) is 4.15. The van der Waals surface area contributed by atoms with E-state index in [0.29, 0.717) is 36.2 Å². The van der Waals surface area contributed by atoms with Crippen molar-refractivity contribution in [1.82, 2.24) is 4.98 Å². The van der Waals surface area contributed by atoms with Gasteiger partial charge in [-0.3, -0.25) is 4.79 Å². The van der Waals surface area contributed by atoms with Gasteiger partial charge in [-0.25, -0.2) is 4.98 Å². The first-order valence-electron chi connectivity index (χ1n) is 12.7. The van der Waals surface area contributed by atoms with Crippen molar-refractivity contribution in [2.75, 3.05) is 12.4 Å². The van der Waals surface area contributed by atoms with Gasteiger partial charge in [-0.15, -0.1) is 11.3 Å². The molecule has 6 atom stereocenters. The van der Waals surface area contributed by atoms with Crippen molar-refractivity contribution in [2.24, 2.45) is 23.2 Å². The van der Waals surface area contributed by atoms with Crippen LogP contribution in [0.3, 0.4) is 0 Å². The molecule has 1 N–H and O–H groups in total. The molecular formula is C28H34N3O3S-. The van der Waals surface area contributed by atoms with Gasteiger partial charge in [-0.2, -0.15) is 5.26 Å². The quantitative estimate of drug-likeness (QED) is 0.614. The third-order valence-corrected chi connectivity index (χ3v) is 10.1. The van der Waals surface area contributed by atoms with Gasteiger partial charge in [0.25, 0.3) is 0 Å². The zero-order valence-corrected chi connectivity index (χ0v) is 21.6. The molecule has 1 amide bonds. The summed E-state index contributed by atoms with van der Waals surface area (Å²) in [6, 6.07) is 8.66. The number of hydrogen-bond donors (Lipinski definition) is 1. The summed E-state index contributed by atoms with van der Waals surface area (Å²) in [4.78, 5) is 18.0. The van der Waals surface area contributed by atoms with Gasteiger partial charge in [0.2, 0.25) is 5.91 Å². The molecule has 1 heterocycles. The van der Waals surface area contributed by atoms with Gasteiger partial charge in [0.15, 0.2) is 5.13 Å². The molecule has 1 aromatic heterocycles. The van der Waals surface area contributed by atoms with Crippen LogP contribution in [0.5, 0.6) is 5.75 Å². The second-order valence-electron chi connectivity index (χ2n) is 11.0. The molecule has 0 spiro atoms. The molecule has 35 heavy (non-hydrogen) atoms. The van der Waals surface area contributed by atoms with Crippen molar-refractivity contribution in [2.45, 2.75) is 76.7 Å². The molecule has 6 nitrogen and oxygen atoms in total. The third-order valence-electron chi connectivity index (χ3n) is 9.30. The topological polar surface area (TPSA) is 98.1 Å². The van der Waals surface area contributed by atoms with E-state index in [9.17, 15) is 15.2 Å². The molecule has 186 valence electrons. The van der Waals surface area contributed by atoms with E-state index in [4.69, 9.17) is 4.74 Å². The van der Waals surface area contributed by atoms with Gasteiger partial charge in [0.05, 0.1) is 13.2 Å². The molecule has 3 unspecified atom stereocenters. The Morgan fingerprint density at radius 2 is 2.23 bits per heavy atom. The van der Waals surface area contributed by atoms with Gasteiger partial charge in [0.1, 0.15) is 5.75 Å². The fourth-order valence-corrected chi connectivity index (χ4v) is 8.40. The molecule has 1 aromatic carbocycles. The minimum Gasteiger partial charge on any atom is -0.848 e. The maximum Gasteiger partial charge on any atom is 0.226 e. The number of fused-ring (bicyclic) bond motifs is 5. The number of aromatic nitrogens is 1. The largest absolute Gasteiger partial charge is 0.848 e. The smallest absolute Gasteiger partial charge is 0.226 e. The van der Waals surface area contributed by atoms with E-state index in [1.54, 1.807) is 13.3 Å². The van der Waals surface area contributed by atoms with E-state index in [0.717, 1.165) is 36.3 Å². The summed E-state index contributed by atoms with van der Waals surface area (Å²) in [7, 11) is 1.71. The fraction of sp³-hybridized carbons (Fsp3) is 0.607. The highest BCUT2D eigenvalue weighted by Gasteiger charge is 2.60. The first-order valence-corrected chi connectivity index (χ1v) is 13.6. The maximum atomic E-state index is 14.2. The fourth-order valence-electron chi connectivity index (χ4n) is 7.71. The summed E-state index contributed by atoms with van der Waals surface area (Å²) >= 11 is 1.47. The van der Waals surface area contributed by atoms with Crippen molar-refractivity contribution >= 4 is 22.4 Å². The van der Waals surface area contributed by atoms with Gasteiger partial charge in [-0.05, 0) is 91.4 Å². The van der Waals surface area contributed by atoms with Crippen molar-refractivity contribution in [3.63, 3.8) is 0 Å². The number of thiazole rings is 1.